The van der Waals surface area contributed by atoms with Crippen LogP contribution in [-0.2, 0) is 11.2 Å². The van der Waals surface area contributed by atoms with E-state index in [1.807, 2.05) is 0 Å². The summed E-state index contributed by atoms with van der Waals surface area (Å²) in [5, 5.41) is 12.6. The lowest BCUT2D eigenvalue weighted by molar-refractivity contribution is -0.108. The zero-order valence-corrected chi connectivity index (χ0v) is 13.7. The van der Waals surface area contributed by atoms with Crippen LogP contribution in [0.3, 0.4) is 0 Å². The first-order chi connectivity index (χ1) is 9.93. The fraction of sp³-hybridized carbons (Fsp3) is 0.667. The summed E-state index contributed by atoms with van der Waals surface area (Å²) in [7, 11) is 0. The van der Waals surface area contributed by atoms with Gasteiger partial charge in [0.05, 0.1) is 6.10 Å². The number of anilines is 1. The van der Waals surface area contributed by atoms with Crippen LogP contribution in [0.5, 0.6) is 0 Å². The molecule has 0 saturated heterocycles. The van der Waals surface area contributed by atoms with E-state index >= 15 is 0 Å². The zero-order valence-electron chi connectivity index (χ0n) is 13.7. The van der Waals surface area contributed by atoms with Gasteiger partial charge in [-0.2, -0.15) is 0 Å². The van der Waals surface area contributed by atoms with Crippen LogP contribution in [0, 0.1) is 11.3 Å². The van der Waals surface area contributed by atoms with Crippen LogP contribution in [0.25, 0.3) is 0 Å². The van der Waals surface area contributed by atoms with Crippen LogP contribution < -0.4 is 5.32 Å². The van der Waals surface area contributed by atoms with Crippen LogP contribution in [0.1, 0.15) is 39.7 Å². The number of benzene rings is 1. The highest BCUT2D eigenvalue weighted by atomic mass is 16.5. The summed E-state index contributed by atoms with van der Waals surface area (Å²) >= 11 is 0. The third-order valence-corrected chi connectivity index (χ3v) is 4.50. The molecule has 3 nitrogen and oxygen atoms in total. The normalized spacial score (nSPS) is 23.9. The number of aliphatic hydroxyl groups is 1. The number of hydrogen-bond donors (Lipinski definition) is 2. The van der Waals surface area contributed by atoms with E-state index in [4.69, 9.17) is 9.84 Å². The Morgan fingerprint density at radius 2 is 1.95 bits per heavy atom. The van der Waals surface area contributed by atoms with Crippen molar-refractivity contribution in [1.82, 2.24) is 0 Å². The van der Waals surface area contributed by atoms with E-state index in [-0.39, 0.29) is 12.0 Å². The minimum absolute atomic E-state index is 0.165. The van der Waals surface area contributed by atoms with Crippen molar-refractivity contribution in [2.45, 2.75) is 52.7 Å². The molecule has 2 atom stereocenters. The molecular weight excluding hydrogens is 262 g/mol. The quantitative estimate of drug-likeness (QED) is 0.808. The van der Waals surface area contributed by atoms with Gasteiger partial charge in [0.15, 0.2) is 0 Å². The number of nitrogens with one attached hydrogen (secondary N) is 1. The van der Waals surface area contributed by atoms with Gasteiger partial charge in [-0.3, -0.25) is 0 Å². The van der Waals surface area contributed by atoms with Crippen molar-refractivity contribution >= 4 is 5.69 Å². The Bertz CT molecular complexity index is 439. The Kier molecular flexibility index (Phi) is 5.28. The standard InChI is InChI=1S/C18H29NO2/c1-13(2)12-21-17-11-16(18(17,3)4)19-15-7-5-14(6-8-15)9-10-20/h5-8,13,16-17,19-20H,9-12H2,1-4H3. The summed E-state index contributed by atoms with van der Waals surface area (Å²) in [6.07, 6.45) is 2.14. The first-order valence-corrected chi connectivity index (χ1v) is 8.01. The maximum atomic E-state index is 8.94. The Morgan fingerprint density at radius 3 is 2.48 bits per heavy atom. The van der Waals surface area contributed by atoms with Gasteiger partial charge in [-0.25, -0.2) is 0 Å². The van der Waals surface area contributed by atoms with Crippen molar-refractivity contribution in [2.75, 3.05) is 18.5 Å². The maximum Gasteiger partial charge on any atom is 0.0665 e. The molecule has 1 saturated carbocycles. The molecule has 0 amide bonds. The molecule has 1 aromatic rings. The SMILES string of the molecule is CC(C)COC1CC(Nc2ccc(CCO)cc2)C1(C)C. The molecule has 0 spiro atoms. The Labute approximate surface area is 128 Å². The average molecular weight is 291 g/mol. The predicted molar refractivity (Wildman–Crippen MR) is 87.6 cm³/mol. The summed E-state index contributed by atoms with van der Waals surface area (Å²) in [6, 6.07) is 8.82. The van der Waals surface area contributed by atoms with Gasteiger partial charge in [-0.15, -0.1) is 0 Å². The molecule has 1 aromatic carbocycles. The fourth-order valence-corrected chi connectivity index (χ4v) is 2.82. The van der Waals surface area contributed by atoms with Gasteiger partial charge < -0.3 is 15.2 Å². The van der Waals surface area contributed by atoms with Crippen molar-refractivity contribution in [3.63, 3.8) is 0 Å². The zero-order chi connectivity index (χ0) is 15.5. The Morgan fingerprint density at radius 1 is 1.29 bits per heavy atom. The second-order valence-electron chi connectivity index (χ2n) is 7.14. The molecule has 0 aromatic heterocycles. The summed E-state index contributed by atoms with van der Waals surface area (Å²) in [4.78, 5) is 0. The summed E-state index contributed by atoms with van der Waals surface area (Å²) in [6.45, 7) is 9.98. The van der Waals surface area contributed by atoms with Gasteiger partial charge in [0.25, 0.3) is 0 Å². The highest BCUT2D eigenvalue weighted by Crippen LogP contribution is 2.44. The third kappa shape index (κ3) is 3.98. The van der Waals surface area contributed by atoms with Gasteiger partial charge in [0.1, 0.15) is 0 Å². The van der Waals surface area contributed by atoms with Crippen molar-refractivity contribution < 1.29 is 9.84 Å². The van der Waals surface area contributed by atoms with E-state index in [1.54, 1.807) is 0 Å². The molecule has 0 bridgehead atoms. The van der Waals surface area contributed by atoms with Crippen LogP contribution in [0.15, 0.2) is 24.3 Å². The Hall–Kier alpha value is -1.06. The van der Waals surface area contributed by atoms with Crippen molar-refractivity contribution in [2.24, 2.45) is 11.3 Å². The molecule has 1 aliphatic carbocycles. The van der Waals surface area contributed by atoms with E-state index < -0.39 is 0 Å². The molecule has 0 radical (unpaired) electrons. The second kappa shape index (κ2) is 6.80. The van der Waals surface area contributed by atoms with Crippen molar-refractivity contribution in [1.29, 1.82) is 0 Å². The molecule has 118 valence electrons. The number of rotatable bonds is 7. The molecule has 2 unspecified atom stereocenters. The van der Waals surface area contributed by atoms with Gasteiger partial charge in [0.2, 0.25) is 0 Å². The first-order valence-electron chi connectivity index (χ1n) is 8.01. The molecule has 1 fully saturated rings. The molecule has 3 heteroatoms. The smallest absolute Gasteiger partial charge is 0.0665 e. The van der Waals surface area contributed by atoms with E-state index in [1.165, 1.54) is 5.56 Å². The fourth-order valence-electron chi connectivity index (χ4n) is 2.82. The van der Waals surface area contributed by atoms with Gasteiger partial charge >= 0.3 is 0 Å². The number of hydrogen-bond acceptors (Lipinski definition) is 3. The highest BCUT2D eigenvalue weighted by Gasteiger charge is 2.49. The molecule has 1 aliphatic rings. The molecule has 2 rings (SSSR count). The number of aliphatic hydroxyl groups excluding tert-OH is 1. The maximum absolute atomic E-state index is 8.94. The summed E-state index contributed by atoms with van der Waals surface area (Å²) in [5.74, 6) is 0.590. The summed E-state index contributed by atoms with van der Waals surface area (Å²) < 4.78 is 6.01. The van der Waals surface area contributed by atoms with Crippen LogP contribution in [0.4, 0.5) is 5.69 Å². The lowest BCUT2D eigenvalue weighted by Gasteiger charge is -2.52. The largest absolute Gasteiger partial charge is 0.396 e. The van der Waals surface area contributed by atoms with Crippen molar-refractivity contribution in [3.05, 3.63) is 29.8 Å². The second-order valence-corrected chi connectivity index (χ2v) is 7.14. The first kappa shape index (κ1) is 16.3. The predicted octanol–water partition coefficient (Wildman–Crippen LogP) is 3.47. The topological polar surface area (TPSA) is 41.5 Å². The number of ether oxygens (including phenoxy) is 1. The van der Waals surface area contributed by atoms with Crippen LogP contribution >= 0.6 is 0 Å². The van der Waals surface area contributed by atoms with Crippen LogP contribution in [0.2, 0.25) is 0 Å². The third-order valence-electron chi connectivity index (χ3n) is 4.50. The minimum Gasteiger partial charge on any atom is -0.396 e. The monoisotopic (exact) mass is 291 g/mol. The lowest BCUT2D eigenvalue weighted by atomic mass is 9.64. The molecule has 2 N–H and O–H groups in total. The molecule has 0 aliphatic heterocycles. The molecular formula is C18H29NO2. The van der Waals surface area contributed by atoms with Gasteiger partial charge in [0, 0.05) is 30.4 Å². The average Bonchev–Trinajstić information content (AvgIpc) is 2.43. The van der Waals surface area contributed by atoms with Crippen molar-refractivity contribution in [3.8, 4) is 0 Å². The van der Waals surface area contributed by atoms with E-state index in [9.17, 15) is 0 Å². The Balaban J connectivity index is 1.86. The van der Waals surface area contributed by atoms with Gasteiger partial charge in [-0.1, -0.05) is 39.8 Å². The lowest BCUT2D eigenvalue weighted by Crippen LogP contribution is -2.58. The highest BCUT2D eigenvalue weighted by molar-refractivity contribution is 5.46. The van der Waals surface area contributed by atoms with E-state index in [0.29, 0.717) is 18.1 Å². The van der Waals surface area contributed by atoms with Gasteiger partial charge in [-0.05, 0) is 36.5 Å². The summed E-state index contributed by atoms with van der Waals surface area (Å²) in [5.41, 5.74) is 2.49. The molecule has 0 heterocycles. The van der Waals surface area contributed by atoms with E-state index in [0.717, 1.165) is 25.1 Å². The van der Waals surface area contributed by atoms with Crippen LogP contribution in [-0.4, -0.2) is 30.5 Å². The minimum atomic E-state index is 0.165. The molecule has 21 heavy (non-hydrogen) atoms. The van der Waals surface area contributed by atoms with E-state index in [2.05, 4.69) is 57.3 Å².